The molecule has 1 saturated carbocycles. The first kappa shape index (κ1) is 19.2. The summed E-state index contributed by atoms with van der Waals surface area (Å²) in [5.41, 5.74) is 1.31. The predicted molar refractivity (Wildman–Crippen MR) is 113 cm³/mol. The molecule has 2 heterocycles. The fraction of sp³-hybridized carbons (Fsp3) is 0.435. The predicted octanol–water partition coefficient (Wildman–Crippen LogP) is 2.67. The first-order chi connectivity index (χ1) is 14.7. The Morgan fingerprint density at radius 1 is 1.17 bits per heavy atom. The molecule has 30 heavy (non-hydrogen) atoms. The van der Waals surface area contributed by atoms with Gasteiger partial charge < -0.3 is 14.6 Å². The molecule has 1 N–H and O–H groups in total. The van der Waals surface area contributed by atoms with Gasteiger partial charge in [0.2, 0.25) is 0 Å². The van der Waals surface area contributed by atoms with Crippen molar-refractivity contribution in [1.29, 1.82) is 0 Å². The van der Waals surface area contributed by atoms with Crippen molar-refractivity contribution in [2.24, 2.45) is 0 Å². The van der Waals surface area contributed by atoms with Gasteiger partial charge in [-0.05, 0) is 41.5 Å². The van der Waals surface area contributed by atoms with Gasteiger partial charge in [0.25, 0.3) is 0 Å². The van der Waals surface area contributed by atoms with Gasteiger partial charge in [0.15, 0.2) is 5.58 Å². The van der Waals surface area contributed by atoms with E-state index in [1.54, 1.807) is 0 Å². The lowest BCUT2D eigenvalue weighted by molar-refractivity contribution is -0.130. The van der Waals surface area contributed by atoms with E-state index in [0.29, 0.717) is 30.7 Å². The van der Waals surface area contributed by atoms with Crippen molar-refractivity contribution >= 4 is 33.3 Å². The maximum Gasteiger partial charge on any atom is 0.167 e. The number of ketones is 2. The number of hydrogen-bond acceptors (Lipinski definition) is 7. The average Bonchev–Trinajstić information content (AvgIpc) is 3.19. The normalized spacial score (nSPS) is 20.9. The van der Waals surface area contributed by atoms with Crippen LogP contribution in [0.4, 0.5) is 0 Å². The highest BCUT2D eigenvalue weighted by Crippen LogP contribution is 2.37. The van der Waals surface area contributed by atoms with Gasteiger partial charge in [-0.2, -0.15) is 0 Å². The highest BCUT2D eigenvalue weighted by molar-refractivity contribution is 6.11. The van der Waals surface area contributed by atoms with Crippen molar-refractivity contribution in [3.63, 3.8) is 0 Å². The Morgan fingerprint density at radius 2 is 2.03 bits per heavy atom. The monoisotopic (exact) mass is 407 g/mol. The number of carbonyl (C=O) groups is 2. The van der Waals surface area contributed by atoms with E-state index >= 15 is 0 Å². The largest absolute Gasteiger partial charge is 0.492 e. The van der Waals surface area contributed by atoms with Crippen LogP contribution in [-0.2, 0) is 9.59 Å². The number of fused-ring (bicyclic) bond motifs is 3. The van der Waals surface area contributed by atoms with Crippen molar-refractivity contribution < 1.29 is 18.8 Å². The van der Waals surface area contributed by atoms with Crippen molar-refractivity contribution in [3.8, 4) is 5.75 Å². The summed E-state index contributed by atoms with van der Waals surface area (Å²) >= 11 is 0. The molecule has 1 unspecified atom stereocenters. The van der Waals surface area contributed by atoms with Gasteiger partial charge in [0.05, 0.1) is 17.7 Å². The molecule has 2 aliphatic rings. The molecule has 1 saturated heterocycles. The fourth-order valence-electron chi connectivity index (χ4n) is 4.49. The molecule has 0 spiro atoms. The minimum atomic E-state index is -0.371. The van der Waals surface area contributed by atoms with Crippen LogP contribution in [0.15, 0.2) is 34.9 Å². The highest BCUT2D eigenvalue weighted by Gasteiger charge is 2.32. The molecule has 3 aromatic rings. The zero-order valence-corrected chi connectivity index (χ0v) is 16.9. The second-order valence-corrected chi connectivity index (χ2v) is 8.10. The van der Waals surface area contributed by atoms with Crippen LogP contribution in [0.3, 0.4) is 0 Å². The van der Waals surface area contributed by atoms with Gasteiger partial charge in [-0.25, -0.2) is 0 Å². The second kappa shape index (κ2) is 8.16. The molecule has 1 aliphatic carbocycles. The van der Waals surface area contributed by atoms with E-state index < -0.39 is 0 Å². The van der Waals surface area contributed by atoms with Gasteiger partial charge in [0.1, 0.15) is 29.6 Å². The van der Waals surface area contributed by atoms with Crippen LogP contribution in [-0.4, -0.2) is 61.0 Å². The summed E-state index contributed by atoms with van der Waals surface area (Å²) in [4.78, 5) is 26.5. The topological polar surface area (TPSA) is 84.7 Å². The Morgan fingerprint density at radius 3 is 2.87 bits per heavy atom. The van der Waals surface area contributed by atoms with Crippen LogP contribution < -0.4 is 10.1 Å². The zero-order valence-electron chi connectivity index (χ0n) is 16.9. The van der Waals surface area contributed by atoms with Crippen molar-refractivity contribution in [3.05, 3.63) is 36.0 Å². The smallest absolute Gasteiger partial charge is 0.167 e. The van der Waals surface area contributed by atoms with Crippen LogP contribution in [0.2, 0.25) is 0 Å². The van der Waals surface area contributed by atoms with Crippen LogP contribution in [0.5, 0.6) is 5.75 Å². The molecule has 1 aliphatic heterocycles. The Balaban J connectivity index is 1.39. The molecule has 1 aromatic heterocycles. The second-order valence-electron chi connectivity index (χ2n) is 8.10. The number of hydrogen-bond donors (Lipinski definition) is 1. The SMILES string of the molecule is O=C1CCC(c2noc3ccc4cc(OCCN5CCNCC5)ccc4c23)C(=O)C1. The third-order valence-corrected chi connectivity index (χ3v) is 6.14. The summed E-state index contributed by atoms with van der Waals surface area (Å²) in [6, 6.07) is 9.87. The number of nitrogens with one attached hydrogen (secondary N) is 1. The van der Waals surface area contributed by atoms with Crippen molar-refractivity contribution in [2.75, 3.05) is 39.3 Å². The standard InChI is InChI=1S/C23H25N3O4/c27-16-2-4-19(20(28)14-16)23-22-18-5-3-17(13-15(18)1-6-21(22)30-25-23)29-12-11-26-9-7-24-8-10-26/h1,3,5-6,13,19,24H,2,4,7-12,14H2. The van der Waals surface area contributed by atoms with Crippen molar-refractivity contribution in [2.45, 2.75) is 25.2 Å². The minimum Gasteiger partial charge on any atom is -0.492 e. The van der Waals surface area contributed by atoms with E-state index in [-0.39, 0.29) is 23.9 Å². The maximum atomic E-state index is 12.5. The lowest BCUT2D eigenvalue weighted by Crippen LogP contribution is -2.44. The molecule has 156 valence electrons. The van der Waals surface area contributed by atoms with E-state index in [9.17, 15) is 9.59 Å². The quantitative estimate of drug-likeness (QED) is 0.651. The molecule has 0 bridgehead atoms. The van der Waals surface area contributed by atoms with E-state index in [0.717, 1.165) is 54.6 Å². The molecule has 7 heteroatoms. The first-order valence-corrected chi connectivity index (χ1v) is 10.6. The summed E-state index contributed by atoms with van der Waals surface area (Å²) in [6.07, 6.45) is 0.915. The van der Waals surface area contributed by atoms with Gasteiger partial charge in [-0.1, -0.05) is 11.2 Å². The van der Waals surface area contributed by atoms with Crippen LogP contribution in [0.1, 0.15) is 30.9 Å². The van der Waals surface area contributed by atoms with Gasteiger partial charge in [0, 0.05) is 39.1 Å². The van der Waals surface area contributed by atoms with Gasteiger partial charge >= 0.3 is 0 Å². The van der Waals surface area contributed by atoms with E-state index in [1.807, 2.05) is 30.3 Å². The van der Waals surface area contributed by atoms with E-state index in [4.69, 9.17) is 9.26 Å². The Hall–Kier alpha value is -2.77. The van der Waals surface area contributed by atoms with Gasteiger partial charge in [-0.15, -0.1) is 0 Å². The number of benzene rings is 2. The highest BCUT2D eigenvalue weighted by atomic mass is 16.5. The lowest BCUT2D eigenvalue weighted by Gasteiger charge is -2.26. The number of piperazine rings is 1. The summed E-state index contributed by atoms with van der Waals surface area (Å²) in [7, 11) is 0. The van der Waals surface area contributed by atoms with Crippen LogP contribution >= 0.6 is 0 Å². The molecule has 2 aromatic carbocycles. The summed E-state index contributed by atoms with van der Waals surface area (Å²) in [5.74, 6) is 0.404. The molecule has 7 nitrogen and oxygen atoms in total. The number of Topliss-reactive ketones (excluding diaryl/α,β-unsaturated/α-hetero) is 2. The number of ether oxygens (including phenoxy) is 1. The molecule has 5 rings (SSSR count). The van der Waals surface area contributed by atoms with E-state index in [2.05, 4.69) is 15.4 Å². The Kier molecular flexibility index (Phi) is 5.23. The number of aromatic nitrogens is 1. The Bertz CT molecular complexity index is 1100. The number of rotatable bonds is 5. The molecule has 2 fully saturated rings. The zero-order chi connectivity index (χ0) is 20.5. The minimum absolute atomic E-state index is 0.00510. The summed E-state index contributed by atoms with van der Waals surface area (Å²) in [6.45, 7) is 5.74. The molecule has 0 radical (unpaired) electrons. The fourth-order valence-corrected chi connectivity index (χ4v) is 4.49. The third-order valence-electron chi connectivity index (χ3n) is 6.14. The Labute approximate surface area is 174 Å². The summed E-state index contributed by atoms with van der Waals surface area (Å²) < 4.78 is 11.5. The molecular weight excluding hydrogens is 382 g/mol. The van der Waals surface area contributed by atoms with Crippen LogP contribution in [0, 0.1) is 0 Å². The van der Waals surface area contributed by atoms with Crippen molar-refractivity contribution in [1.82, 2.24) is 15.4 Å². The lowest BCUT2D eigenvalue weighted by atomic mass is 9.83. The number of nitrogens with zero attached hydrogens (tertiary/aromatic N) is 2. The maximum absolute atomic E-state index is 12.5. The molecular formula is C23H25N3O4. The van der Waals surface area contributed by atoms with E-state index in [1.165, 1.54) is 0 Å². The summed E-state index contributed by atoms with van der Waals surface area (Å²) in [5, 5.41) is 10.5. The first-order valence-electron chi connectivity index (χ1n) is 10.6. The average molecular weight is 407 g/mol. The number of carbonyl (C=O) groups excluding carboxylic acids is 2. The third kappa shape index (κ3) is 3.70. The van der Waals surface area contributed by atoms with Crippen LogP contribution in [0.25, 0.3) is 21.7 Å². The molecule has 0 amide bonds. The molecule has 1 atom stereocenters. The van der Waals surface area contributed by atoms with Gasteiger partial charge in [-0.3, -0.25) is 14.5 Å².